The standard InChI is InChI=1S/C22H21N3O3/c1-15(26)16-7-9-18(10-8-16)25-19-11-12-23-20(13-19)22(27)24-14-17-5-3-4-6-21(17)28-2/h3-13H,14H2,1-2H3,(H,23,25)(H,24,27). The first-order valence-electron chi connectivity index (χ1n) is 8.81. The Hall–Kier alpha value is -3.67. The maximum atomic E-state index is 12.5. The second kappa shape index (κ2) is 8.81. The zero-order chi connectivity index (χ0) is 19.9. The van der Waals surface area contributed by atoms with Crippen molar-refractivity contribution >= 4 is 23.1 Å². The van der Waals surface area contributed by atoms with Crippen molar-refractivity contribution in [3.05, 3.63) is 83.7 Å². The van der Waals surface area contributed by atoms with Crippen LogP contribution < -0.4 is 15.4 Å². The van der Waals surface area contributed by atoms with Crippen molar-refractivity contribution in [1.29, 1.82) is 0 Å². The number of carbonyl (C=O) groups excluding carboxylic acids is 2. The van der Waals surface area contributed by atoms with E-state index in [1.165, 1.54) is 6.92 Å². The van der Waals surface area contributed by atoms with Crippen LogP contribution in [0.2, 0.25) is 0 Å². The molecule has 2 aromatic carbocycles. The molecule has 0 radical (unpaired) electrons. The number of ketones is 1. The molecule has 0 fully saturated rings. The Labute approximate surface area is 163 Å². The predicted octanol–water partition coefficient (Wildman–Crippen LogP) is 3.97. The molecular weight excluding hydrogens is 354 g/mol. The van der Waals surface area contributed by atoms with E-state index in [4.69, 9.17) is 4.74 Å². The van der Waals surface area contributed by atoms with E-state index in [0.29, 0.717) is 17.8 Å². The van der Waals surface area contributed by atoms with E-state index < -0.39 is 0 Å². The maximum Gasteiger partial charge on any atom is 0.270 e. The van der Waals surface area contributed by atoms with Crippen molar-refractivity contribution in [3.8, 4) is 5.75 Å². The number of benzene rings is 2. The van der Waals surface area contributed by atoms with Crippen LogP contribution in [0.3, 0.4) is 0 Å². The molecule has 0 saturated heterocycles. The number of methoxy groups -OCH3 is 1. The number of pyridine rings is 1. The minimum Gasteiger partial charge on any atom is -0.496 e. The molecule has 2 N–H and O–H groups in total. The third kappa shape index (κ3) is 4.73. The van der Waals surface area contributed by atoms with Gasteiger partial charge in [0.15, 0.2) is 5.78 Å². The third-order valence-corrected chi connectivity index (χ3v) is 4.20. The first kappa shape index (κ1) is 19.1. The molecule has 0 aliphatic rings. The lowest BCUT2D eigenvalue weighted by atomic mass is 10.1. The summed E-state index contributed by atoms with van der Waals surface area (Å²) in [6.45, 7) is 1.87. The summed E-state index contributed by atoms with van der Waals surface area (Å²) in [5.74, 6) is 0.464. The molecule has 28 heavy (non-hydrogen) atoms. The lowest BCUT2D eigenvalue weighted by Gasteiger charge is -2.10. The molecular formula is C22H21N3O3. The lowest BCUT2D eigenvalue weighted by molar-refractivity contribution is 0.0945. The van der Waals surface area contributed by atoms with E-state index in [-0.39, 0.29) is 11.7 Å². The SMILES string of the molecule is COc1ccccc1CNC(=O)c1cc(Nc2ccc(C(C)=O)cc2)ccn1. The number of nitrogens with zero attached hydrogens (tertiary/aromatic N) is 1. The van der Waals surface area contributed by atoms with Crippen LogP contribution >= 0.6 is 0 Å². The highest BCUT2D eigenvalue weighted by Gasteiger charge is 2.10. The fourth-order valence-electron chi connectivity index (χ4n) is 2.70. The molecule has 0 aliphatic carbocycles. The summed E-state index contributed by atoms with van der Waals surface area (Å²) in [6.07, 6.45) is 1.57. The summed E-state index contributed by atoms with van der Waals surface area (Å²) in [5.41, 5.74) is 3.39. The minimum atomic E-state index is -0.276. The molecule has 1 aromatic heterocycles. The minimum absolute atomic E-state index is 0.0180. The van der Waals surface area contributed by atoms with Gasteiger partial charge in [-0.1, -0.05) is 18.2 Å². The number of Topliss-reactive ketones (excluding diaryl/α,β-unsaturated/α-hetero) is 1. The monoisotopic (exact) mass is 375 g/mol. The second-order valence-corrected chi connectivity index (χ2v) is 6.18. The molecule has 142 valence electrons. The van der Waals surface area contributed by atoms with Crippen LogP contribution in [0, 0.1) is 0 Å². The smallest absolute Gasteiger partial charge is 0.270 e. The van der Waals surface area contributed by atoms with Crippen LogP contribution in [0.15, 0.2) is 66.9 Å². The van der Waals surface area contributed by atoms with Gasteiger partial charge in [-0.3, -0.25) is 14.6 Å². The number of carbonyl (C=O) groups is 2. The Morgan fingerprint density at radius 1 is 1.00 bits per heavy atom. The number of ether oxygens (including phenoxy) is 1. The molecule has 1 heterocycles. The summed E-state index contributed by atoms with van der Waals surface area (Å²) in [6, 6.07) is 18.1. The molecule has 1 amide bonds. The molecule has 3 aromatic rings. The summed E-state index contributed by atoms with van der Waals surface area (Å²) < 4.78 is 5.29. The molecule has 0 aliphatic heterocycles. The highest BCUT2D eigenvalue weighted by atomic mass is 16.5. The van der Waals surface area contributed by atoms with E-state index in [9.17, 15) is 9.59 Å². The van der Waals surface area contributed by atoms with Gasteiger partial charge in [-0.25, -0.2) is 0 Å². The van der Waals surface area contributed by atoms with E-state index in [2.05, 4.69) is 15.6 Å². The molecule has 0 spiro atoms. The van der Waals surface area contributed by atoms with Crippen LogP contribution in [0.5, 0.6) is 5.75 Å². The number of anilines is 2. The van der Waals surface area contributed by atoms with E-state index >= 15 is 0 Å². The first-order chi connectivity index (χ1) is 13.6. The van der Waals surface area contributed by atoms with E-state index in [1.807, 2.05) is 36.4 Å². The maximum absolute atomic E-state index is 12.5. The van der Waals surface area contributed by atoms with Gasteiger partial charge in [0.25, 0.3) is 5.91 Å². The van der Waals surface area contributed by atoms with Crippen LogP contribution in [-0.4, -0.2) is 23.8 Å². The molecule has 3 rings (SSSR count). The van der Waals surface area contributed by atoms with Gasteiger partial charge < -0.3 is 15.4 Å². The zero-order valence-corrected chi connectivity index (χ0v) is 15.7. The topological polar surface area (TPSA) is 80.3 Å². The van der Waals surface area contributed by atoms with Crippen molar-refractivity contribution in [2.75, 3.05) is 12.4 Å². The van der Waals surface area contributed by atoms with Crippen molar-refractivity contribution in [3.63, 3.8) is 0 Å². The van der Waals surface area contributed by atoms with Gasteiger partial charge in [0, 0.05) is 35.2 Å². The summed E-state index contributed by atoms with van der Waals surface area (Å²) >= 11 is 0. The Morgan fingerprint density at radius 3 is 2.46 bits per heavy atom. The number of para-hydroxylation sites is 1. The van der Waals surface area contributed by atoms with Crippen molar-refractivity contribution in [2.45, 2.75) is 13.5 Å². The third-order valence-electron chi connectivity index (χ3n) is 4.20. The van der Waals surface area contributed by atoms with Gasteiger partial charge in [-0.2, -0.15) is 0 Å². The number of amides is 1. The van der Waals surface area contributed by atoms with E-state index in [1.54, 1.807) is 37.6 Å². The van der Waals surface area contributed by atoms with Crippen LogP contribution in [0.1, 0.15) is 33.3 Å². The lowest BCUT2D eigenvalue weighted by Crippen LogP contribution is -2.24. The number of nitrogens with one attached hydrogen (secondary N) is 2. The van der Waals surface area contributed by atoms with Gasteiger partial charge in [0.1, 0.15) is 11.4 Å². The van der Waals surface area contributed by atoms with Gasteiger partial charge in [0.2, 0.25) is 0 Å². The number of hydrogen-bond acceptors (Lipinski definition) is 5. The van der Waals surface area contributed by atoms with Crippen LogP contribution in [0.4, 0.5) is 11.4 Å². The predicted molar refractivity (Wildman–Crippen MR) is 108 cm³/mol. The average molecular weight is 375 g/mol. The second-order valence-electron chi connectivity index (χ2n) is 6.18. The highest BCUT2D eigenvalue weighted by molar-refractivity contribution is 5.94. The van der Waals surface area contributed by atoms with Gasteiger partial charge >= 0.3 is 0 Å². The molecule has 6 heteroatoms. The van der Waals surface area contributed by atoms with Crippen LogP contribution in [-0.2, 0) is 6.54 Å². The Bertz CT molecular complexity index is 984. The van der Waals surface area contributed by atoms with E-state index in [0.717, 1.165) is 22.7 Å². The molecule has 0 saturated carbocycles. The molecule has 6 nitrogen and oxygen atoms in total. The largest absolute Gasteiger partial charge is 0.496 e. The molecule has 0 unspecified atom stereocenters. The Kier molecular flexibility index (Phi) is 6.01. The fraction of sp³-hybridized carbons (Fsp3) is 0.136. The summed E-state index contributed by atoms with van der Waals surface area (Å²) in [7, 11) is 1.60. The number of hydrogen-bond donors (Lipinski definition) is 2. The first-order valence-corrected chi connectivity index (χ1v) is 8.81. The Balaban J connectivity index is 1.66. The highest BCUT2D eigenvalue weighted by Crippen LogP contribution is 2.19. The number of rotatable bonds is 7. The van der Waals surface area contributed by atoms with Gasteiger partial charge in [0.05, 0.1) is 7.11 Å². The average Bonchev–Trinajstić information content (AvgIpc) is 2.72. The zero-order valence-electron chi connectivity index (χ0n) is 15.7. The number of aromatic nitrogens is 1. The fourth-order valence-corrected chi connectivity index (χ4v) is 2.70. The van der Waals surface area contributed by atoms with Crippen molar-refractivity contribution in [1.82, 2.24) is 10.3 Å². The normalized spacial score (nSPS) is 10.2. The van der Waals surface area contributed by atoms with Gasteiger partial charge in [-0.05, 0) is 49.4 Å². The van der Waals surface area contributed by atoms with Crippen molar-refractivity contribution < 1.29 is 14.3 Å². The Morgan fingerprint density at radius 2 is 1.75 bits per heavy atom. The molecule has 0 bridgehead atoms. The summed E-state index contributed by atoms with van der Waals surface area (Å²) in [5, 5.41) is 6.06. The van der Waals surface area contributed by atoms with Crippen molar-refractivity contribution in [2.24, 2.45) is 0 Å². The summed E-state index contributed by atoms with van der Waals surface area (Å²) in [4.78, 5) is 28.0. The van der Waals surface area contributed by atoms with Crippen LogP contribution in [0.25, 0.3) is 0 Å². The van der Waals surface area contributed by atoms with Gasteiger partial charge in [-0.15, -0.1) is 0 Å². The molecule has 0 atom stereocenters. The quantitative estimate of drug-likeness (QED) is 0.611.